The molecule has 0 spiro atoms. The third-order valence-corrected chi connectivity index (χ3v) is 4.08. The molecule has 2 N–H and O–H groups in total. The van der Waals surface area contributed by atoms with Gasteiger partial charge in [-0.15, -0.1) is 0 Å². The number of anilines is 1. The molecule has 0 radical (unpaired) electrons. The lowest BCUT2D eigenvalue weighted by Crippen LogP contribution is -2.09. The minimum absolute atomic E-state index is 0.0664. The third-order valence-electron chi connectivity index (χ3n) is 3.05. The van der Waals surface area contributed by atoms with E-state index >= 15 is 0 Å². The number of rotatable bonds is 4. The molecular formula is C15H12BrClFNO2. The summed E-state index contributed by atoms with van der Waals surface area (Å²) in [6.07, 6.45) is 0. The summed E-state index contributed by atoms with van der Waals surface area (Å²) >= 11 is 8.80. The average molecular weight is 373 g/mol. The summed E-state index contributed by atoms with van der Waals surface area (Å²) in [7, 11) is 0. The second-order valence-electron chi connectivity index (χ2n) is 4.51. The van der Waals surface area contributed by atoms with E-state index in [9.17, 15) is 9.18 Å². The lowest BCUT2D eigenvalue weighted by molar-refractivity contribution is 0.0695. The Hall–Kier alpha value is -1.59. The lowest BCUT2D eigenvalue weighted by atomic mass is 10.1. The average Bonchev–Trinajstić information content (AvgIpc) is 2.44. The van der Waals surface area contributed by atoms with Crippen molar-refractivity contribution in [3.63, 3.8) is 0 Å². The van der Waals surface area contributed by atoms with Crippen LogP contribution in [0.5, 0.6) is 0 Å². The molecule has 0 aromatic heterocycles. The van der Waals surface area contributed by atoms with E-state index in [1.807, 2.05) is 19.1 Å². The summed E-state index contributed by atoms with van der Waals surface area (Å²) in [5.41, 5.74) is 1.06. The number of carbonyl (C=O) groups is 1. The van der Waals surface area contributed by atoms with Crippen LogP contribution in [0, 0.1) is 5.82 Å². The highest BCUT2D eigenvalue weighted by molar-refractivity contribution is 9.10. The van der Waals surface area contributed by atoms with Gasteiger partial charge in [-0.3, -0.25) is 0 Å². The first-order valence-corrected chi connectivity index (χ1v) is 7.30. The first-order chi connectivity index (χ1) is 9.90. The first kappa shape index (κ1) is 15.8. The van der Waals surface area contributed by atoms with Gasteiger partial charge < -0.3 is 10.4 Å². The van der Waals surface area contributed by atoms with Crippen LogP contribution in [-0.4, -0.2) is 11.1 Å². The van der Waals surface area contributed by atoms with Crippen LogP contribution < -0.4 is 5.32 Å². The van der Waals surface area contributed by atoms with Crippen molar-refractivity contribution in [3.8, 4) is 0 Å². The fourth-order valence-electron chi connectivity index (χ4n) is 1.89. The van der Waals surface area contributed by atoms with Crippen molar-refractivity contribution >= 4 is 39.2 Å². The van der Waals surface area contributed by atoms with E-state index in [1.54, 1.807) is 12.1 Å². The number of aromatic carboxylic acids is 1. The maximum Gasteiger partial charge on any atom is 0.336 e. The second kappa shape index (κ2) is 6.45. The number of hydrogen-bond acceptors (Lipinski definition) is 2. The van der Waals surface area contributed by atoms with Gasteiger partial charge in [-0.05, 0) is 52.7 Å². The van der Waals surface area contributed by atoms with Crippen molar-refractivity contribution in [2.45, 2.75) is 13.0 Å². The molecule has 1 unspecified atom stereocenters. The minimum atomic E-state index is -1.18. The Morgan fingerprint density at radius 3 is 2.48 bits per heavy atom. The molecule has 2 aromatic carbocycles. The molecule has 0 aliphatic rings. The molecule has 0 fully saturated rings. The number of carboxylic acids is 1. The zero-order chi connectivity index (χ0) is 15.6. The molecular weight excluding hydrogens is 361 g/mol. The van der Waals surface area contributed by atoms with Crippen LogP contribution in [0.2, 0.25) is 5.02 Å². The van der Waals surface area contributed by atoms with E-state index in [4.69, 9.17) is 16.7 Å². The topological polar surface area (TPSA) is 49.3 Å². The van der Waals surface area contributed by atoms with Crippen LogP contribution in [0.15, 0.2) is 40.9 Å². The molecule has 0 aliphatic heterocycles. The molecule has 0 amide bonds. The number of nitrogens with one attached hydrogen (secondary N) is 1. The van der Waals surface area contributed by atoms with Gasteiger partial charge in [-0.1, -0.05) is 23.7 Å². The van der Waals surface area contributed by atoms with E-state index in [0.717, 1.165) is 5.56 Å². The van der Waals surface area contributed by atoms with Crippen molar-refractivity contribution in [2.24, 2.45) is 0 Å². The van der Waals surface area contributed by atoms with E-state index in [0.29, 0.717) is 5.02 Å². The van der Waals surface area contributed by atoms with Gasteiger partial charge in [0.2, 0.25) is 0 Å². The van der Waals surface area contributed by atoms with E-state index in [1.165, 1.54) is 12.1 Å². The smallest absolute Gasteiger partial charge is 0.336 e. The second-order valence-corrected chi connectivity index (χ2v) is 5.74. The quantitative estimate of drug-likeness (QED) is 0.784. The van der Waals surface area contributed by atoms with Crippen LogP contribution in [0.3, 0.4) is 0 Å². The molecule has 110 valence electrons. The highest BCUT2D eigenvalue weighted by atomic mass is 79.9. The van der Waals surface area contributed by atoms with Crippen molar-refractivity contribution < 1.29 is 14.3 Å². The van der Waals surface area contributed by atoms with Gasteiger partial charge in [0.1, 0.15) is 0 Å². The Morgan fingerprint density at radius 1 is 1.29 bits per heavy atom. The Morgan fingerprint density at radius 2 is 1.90 bits per heavy atom. The Bertz CT molecular complexity index is 676. The molecule has 3 nitrogen and oxygen atoms in total. The number of carboxylic acid groups (broad SMARTS) is 1. The first-order valence-electron chi connectivity index (χ1n) is 6.13. The minimum Gasteiger partial charge on any atom is -0.478 e. The molecule has 0 saturated heterocycles. The van der Waals surface area contributed by atoms with Crippen LogP contribution >= 0.6 is 27.5 Å². The van der Waals surface area contributed by atoms with Gasteiger partial charge in [0.05, 0.1) is 15.7 Å². The van der Waals surface area contributed by atoms with Gasteiger partial charge in [0.25, 0.3) is 0 Å². The SMILES string of the molecule is CC(Nc1ccc(C(=O)O)c(Br)c1F)c1ccc(Cl)cc1. The van der Waals surface area contributed by atoms with Crippen LogP contribution in [0.1, 0.15) is 28.9 Å². The normalized spacial score (nSPS) is 12.0. The molecule has 0 bridgehead atoms. The zero-order valence-electron chi connectivity index (χ0n) is 11.0. The fourth-order valence-corrected chi connectivity index (χ4v) is 2.54. The van der Waals surface area contributed by atoms with Gasteiger partial charge in [-0.25, -0.2) is 9.18 Å². The van der Waals surface area contributed by atoms with Crippen molar-refractivity contribution in [1.82, 2.24) is 0 Å². The standard InChI is InChI=1S/C15H12BrClFNO2/c1-8(9-2-4-10(17)5-3-9)19-12-7-6-11(15(20)21)13(16)14(12)18/h2-8,19H,1H3,(H,20,21). The van der Waals surface area contributed by atoms with E-state index in [-0.39, 0.29) is 21.8 Å². The fraction of sp³-hybridized carbons (Fsp3) is 0.133. The molecule has 0 heterocycles. The number of benzene rings is 2. The molecule has 21 heavy (non-hydrogen) atoms. The molecule has 1 atom stereocenters. The highest BCUT2D eigenvalue weighted by Crippen LogP contribution is 2.29. The van der Waals surface area contributed by atoms with Crippen molar-refractivity contribution in [3.05, 3.63) is 62.8 Å². The van der Waals surface area contributed by atoms with Gasteiger partial charge in [0, 0.05) is 11.1 Å². The summed E-state index contributed by atoms with van der Waals surface area (Å²) in [6, 6.07) is 9.82. The van der Waals surface area contributed by atoms with E-state index in [2.05, 4.69) is 21.2 Å². The predicted octanol–water partition coefficient (Wildman–Crippen LogP) is 5.11. The third kappa shape index (κ3) is 3.54. The summed E-state index contributed by atoms with van der Waals surface area (Å²) in [4.78, 5) is 10.9. The van der Waals surface area contributed by atoms with Gasteiger partial charge in [0.15, 0.2) is 5.82 Å². The summed E-state index contributed by atoms with van der Waals surface area (Å²) < 4.78 is 14.1. The lowest BCUT2D eigenvalue weighted by Gasteiger charge is -2.17. The van der Waals surface area contributed by atoms with Crippen LogP contribution in [0.25, 0.3) is 0 Å². The monoisotopic (exact) mass is 371 g/mol. The molecule has 2 aromatic rings. The summed E-state index contributed by atoms with van der Waals surface area (Å²) in [5.74, 6) is -1.81. The molecule has 0 saturated carbocycles. The largest absolute Gasteiger partial charge is 0.478 e. The van der Waals surface area contributed by atoms with Crippen molar-refractivity contribution in [2.75, 3.05) is 5.32 Å². The Balaban J connectivity index is 2.25. The predicted molar refractivity (Wildman–Crippen MR) is 84.5 cm³/mol. The van der Waals surface area contributed by atoms with Crippen LogP contribution in [0.4, 0.5) is 10.1 Å². The highest BCUT2D eigenvalue weighted by Gasteiger charge is 2.17. The molecule has 2 rings (SSSR count). The maximum absolute atomic E-state index is 14.2. The summed E-state index contributed by atoms with van der Waals surface area (Å²) in [6.45, 7) is 1.88. The maximum atomic E-state index is 14.2. The number of halogens is 3. The molecule has 6 heteroatoms. The van der Waals surface area contributed by atoms with E-state index < -0.39 is 11.8 Å². The number of hydrogen-bond donors (Lipinski definition) is 2. The Labute approximate surface area is 134 Å². The summed E-state index contributed by atoms with van der Waals surface area (Å²) in [5, 5.41) is 12.6. The van der Waals surface area contributed by atoms with Crippen molar-refractivity contribution in [1.29, 1.82) is 0 Å². The molecule has 0 aliphatic carbocycles. The van der Waals surface area contributed by atoms with Gasteiger partial charge in [-0.2, -0.15) is 0 Å². The zero-order valence-corrected chi connectivity index (χ0v) is 13.4. The van der Waals surface area contributed by atoms with Gasteiger partial charge >= 0.3 is 5.97 Å². The Kier molecular flexibility index (Phi) is 4.85. The van der Waals surface area contributed by atoms with Crippen LogP contribution in [-0.2, 0) is 0 Å².